The first-order chi connectivity index (χ1) is 17.2. The van der Waals surface area contributed by atoms with Crippen molar-refractivity contribution in [1.82, 2.24) is 5.43 Å². The number of hydrogen-bond donors (Lipinski definition) is 2. The van der Waals surface area contributed by atoms with E-state index in [2.05, 4.69) is 15.8 Å². The topological polar surface area (TPSA) is 149 Å². The first-order valence-electron chi connectivity index (χ1n) is 10.3. The van der Waals surface area contributed by atoms with Crippen LogP contribution in [-0.4, -0.2) is 35.5 Å². The standard InChI is InChI=1S/C24H19FN4O7/c1-14(27-28-23(31)22(30)26-18-9-5-4-8-17(18)25)15-11-12-20(21(13-15)35-2)36-24(32)16-7-3-6-10-19(16)29(33)34/h3-13H,1-2H3,(H,26,30)(H,28,31)/b27-14+. The molecule has 36 heavy (non-hydrogen) atoms. The van der Waals surface area contributed by atoms with Crippen molar-refractivity contribution >= 4 is 34.9 Å². The third-order valence-corrected chi connectivity index (χ3v) is 4.76. The van der Waals surface area contributed by atoms with Crippen LogP contribution < -0.4 is 20.2 Å². The predicted octanol–water partition coefficient (Wildman–Crippen LogP) is 3.44. The molecular weight excluding hydrogens is 475 g/mol. The van der Waals surface area contributed by atoms with Crippen LogP contribution in [0.1, 0.15) is 22.8 Å². The molecule has 0 aliphatic heterocycles. The fourth-order valence-electron chi connectivity index (χ4n) is 2.93. The summed E-state index contributed by atoms with van der Waals surface area (Å²) in [5, 5.41) is 17.2. The molecule has 184 valence electrons. The van der Waals surface area contributed by atoms with E-state index in [-0.39, 0.29) is 28.5 Å². The molecule has 3 rings (SSSR count). The van der Waals surface area contributed by atoms with Crippen LogP contribution in [0.2, 0.25) is 0 Å². The Balaban J connectivity index is 1.71. The van der Waals surface area contributed by atoms with Crippen LogP contribution in [0.5, 0.6) is 11.5 Å². The number of carbonyl (C=O) groups is 3. The number of nitro benzene ring substituents is 1. The molecule has 12 heteroatoms. The molecule has 2 N–H and O–H groups in total. The van der Waals surface area contributed by atoms with Gasteiger partial charge >= 0.3 is 17.8 Å². The highest BCUT2D eigenvalue weighted by molar-refractivity contribution is 6.39. The maximum atomic E-state index is 13.6. The SMILES string of the molecule is COc1cc(/C(C)=N/NC(=O)C(=O)Nc2ccccc2F)ccc1OC(=O)c1ccccc1[N+](=O)[O-]. The molecule has 11 nitrogen and oxygen atoms in total. The van der Waals surface area contributed by atoms with Gasteiger partial charge in [0.25, 0.3) is 5.69 Å². The number of esters is 1. The summed E-state index contributed by atoms with van der Waals surface area (Å²) < 4.78 is 24.2. The fraction of sp³-hybridized carbons (Fsp3) is 0.0833. The lowest BCUT2D eigenvalue weighted by atomic mass is 10.1. The number of amides is 2. The van der Waals surface area contributed by atoms with Crippen molar-refractivity contribution in [3.8, 4) is 11.5 Å². The minimum atomic E-state index is -1.13. The number of ether oxygens (including phenoxy) is 2. The van der Waals surface area contributed by atoms with Crippen molar-refractivity contribution in [3.05, 3.63) is 93.8 Å². The average Bonchev–Trinajstić information content (AvgIpc) is 2.88. The van der Waals surface area contributed by atoms with Gasteiger partial charge in [0.2, 0.25) is 0 Å². The highest BCUT2D eigenvalue weighted by Gasteiger charge is 2.22. The van der Waals surface area contributed by atoms with Crippen molar-refractivity contribution in [2.75, 3.05) is 12.4 Å². The summed E-state index contributed by atoms with van der Waals surface area (Å²) >= 11 is 0. The Morgan fingerprint density at radius 2 is 1.67 bits per heavy atom. The number of nitrogens with one attached hydrogen (secondary N) is 2. The van der Waals surface area contributed by atoms with Gasteiger partial charge < -0.3 is 14.8 Å². The van der Waals surface area contributed by atoms with Gasteiger partial charge in [-0.25, -0.2) is 14.6 Å². The number of anilines is 1. The molecule has 0 aromatic heterocycles. The smallest absolute Gasteiger partial charge is 0.350 e. The summed E-state index contributed by atoms with van der Waals surface area (Å²) in [7, 11) is 1.32. The van der Waals surface area contributed by atoms with Crippen LogP contribution in [0, 0.1) is 15.9 Å². The molecule has 0 radical (unpaired) electrons. The van der Waals surface area contributed by atoms with Gasteiger partial charge in [-0.1, -0.05) is 24.3 Å². The average molecular weight is 494 g/mol. The van der Waals surface area contributed by atoms with Crippen molar-refractivity contribution in [2.45, 2.75) is 6.92 Å². The Morgan fingerprint density at radius 1 is 0.972 bits per heavy atom. The predicted molar refractivity (Wildman–Crippen MR) is 126 cm³/mol. The van der Waals surface area contributed by atoms with Gasteiger partial charge in [0.1, 0.15) is 11.4 Å². The molecule has 0 spiro atoms. The van der Waals surface area contributed by atoms with Gasteiger partial charge in [0.05, 0.1) is 23.4 Å². The van der Waals surface area contributed by atoms with Gasteiger partial charge in [-0.3, -0.25) is 19.7 Å². The van der Waals surface area contributed by atoms with E-state index in [1.54, 1.807) is 0 Å². The van der Waals surface area contributed by atoms with E-state index in [9.17, 15) is 28.9 Å². The van der Waals surface area contributed by atoms with Crippen LogP contribution in [0.3, 0.4) is 0 Å². The summed E-state index contributed by atoms with van der Waals surface area (Å²) in [5.74, 6) is -3.80. The maximum Gasteiger partial charge on any atom is 0.350 e. The van der Waals surface area contributed by atoms with E-state index in [1.807, 2.05) is 0 Å². The first-order valence-corrected chi connectivity index (χ1v) is 10.3. The zero-order valence-corrected chi connectivity index (χ0v) is 19.0. The summed E-state index contributed by atoms with van der Waals surface area (Å²) in [6, 6.07) is 15.0. The van der Waals surface area contributed by atoms with Crippen molar-refractivity contribution in [2.24, 2.45) is 5.10 Å². The van der Waals surface area contributed by atoms with E-state index in [0.29, 0.717) is 5.56 Å². The number of methoxy groups -OCH3 is 1. The van der Waals surface area contributed by atoms with Crippen LogP contribution in [0.15, 0.2) is 71.8 Å². The van der Waals surface area contributed by atoms with Crippen LogP contribution in [-0.2, 0) is 9.59 Å². The largest absolute Gasteiger partial charge is 0.493 e. The minimum Gasteiger partial charge on any atom is -0.493 e. The number of benzene rings is 3. The quantitative estimate of drug-likeness (QED) is 0.128. The lowest BCUT2D eigenvalue weighted by Crippen LogP contribution is -2.33. The van der Waals surface area contributed by atoms with Gasteiger partial charge in [-0.05, 0) is 43.3 Å². The molecule has 0 fully saturated rings. The maximum absolute atomic E-state index is 13.6. The summed E-state index contributed by atoms with van der Waals surface area (Å²) in [6.07, 6.45) is 0. The molecule has 0 atom stereocenters. The highest BCUT2D eigenvalue weighted by Crippen LogP contribution is 2.30. The normalized spacial score (nSPS) is 10.8. The Labute approximate surface area is 203 Å². The van der Waals surface area contributed by atoms with Gasteiger partial charge in [0, 0.05) is 11.6 Å². The summed E-state index contributed by atoms with van der Waals surface area (Å²) in [4.78, 5) is 47.0. The molecule has 0 saturated carbocycles. The summed E-state index contributed by atoms with van der Waals surface area (Å²) in [5.41, 5.74) is 1.97. The Kier molecular flexibility index (Phi) is 8.02. The molecule has 3 aromatic rings. The number of para-hydroxylation sites is 2. The third-order valence-electron chi connectivity index (χ3n) is 4.76. The van der Waals surface area contributed by atoms with E-state index in [0.717, 1.165) is 6.07 Å². The molecule has 3 aromatic carbocycles. The second-order valence-corrected chi connectivity index (χ2v) is 7.10. The number of halogens is 1. The van der Waals surface area contributed by atoms with Crippen molar-refractivity contribution in [1.29, 1.82) is 0 Å². The molecule has 0 aliphatic rings. The number of carbonyl (C=O) groups excluding carboxylic acids is 3. The van der Waals surface area contributed by atoms with Crippen LogP contribution >= 0.6 is 0 Å². The van der Waals surface area contributed by atoms with E-state index in [1.165, 1.54) is 74.7 Å². The van der Waals surface area contributed by atoms with E-state index in [4.69, 9.17) is 9.47 Å². The fourth-order valence-corrected chi connectivity index (χ4v) is 2.93. The van der Waals surface area contributed by atoms with Crippen LogP contribution in [0.25, 0.3) is 0 Å². The molecule has 0 aliphatic carbocycles. The minimum absolute atomic E-state index is 0.00879. The second-order valence-electron chi connectivity index (χ2n) is 7.10. The number of nitrogens with zero attached hydrogens (tertiary/aromatic N) is 2. The van der Waals surface area contributed by atoms with Gasteiger partial charge in [-0.15, -0.1) is 0 Å². The number of rotatable bonds is 7. The number of hydrogen-bond acceptors (Lipinski definition) is 8. The first kappa shape index (κ1) is 25.5. The lowest BCUT2D eigenvalue weighted by Gasteiger charge is -2.11. The van der Waals surface area contributed by atoms with Crippen molar-refractivity contribution < 1.29 is 33.2 Å². The Hall–Kier alpha value is -5.13. The third kappa shape index (κ3) is 6.05. The molecule has 0 unspecified atom stereocenters. The molecule has 2 amide bonds. The van der Waals surface area contributed by atoms with E-state index >= 15 is 0 Å². The molecule has 0 saturated heterocycles. The van der Waals surface area contributed by atoms with Crippen molar-refractivity contribution in [3.63, 3.8) is 0 Å². The zero-order chi connectivity index (χ0) is 26.2. The second kappa shape index (κ2) is 11.3. The zero-order valence-electron chi connectivity index (χ0n) is 19.0. The summed E-state index contributed by atoms with van der Waals surface area (Å²) in [6.45, 7) is 1.53. The number of nitro groups is 1. The Bertz CT molecular complexity index is 1370. The lowest BCUT2D eigenvalue weighted by molar-refractivity contribution is -0.385. The van der Waals surface area contributed by atoms with Gasteiger partial charge in [-0.2, -0.15) is 5.10 Å². The highest BCUT2D eigenvalue weighted by atomic mass is 19.1. The van der Waals surface area contributed by atoms with Gasteiger partial charge in [0.15, 0.2) is 11.5 Å². The molecule has 0 bridgehead atoms. The number of hydrazone groups is 1. The molecule has 0 heterocycles. The monoisotopic (exact) mass is 494 g/mol. The molecular formula is C24H19FN4O7. The van der Waals surface area contributed by atoms with Crippen LogP contribution in [0.4, 0.5) is 15.8 Å². The van der Waals surface area contributed by atoms with E-state index < -0.39 is 34.2 Å². The Morgan fingerprint density at radius 3 is 2.36 bits per heavy atom.